The van der Waals surface area contributed by atoms with Crippen LogP contribution in [0.2, 0.25) is 0 Å². The van der Waals surface area contributed by atoms with Gasteiger partial charge in [0.25, 0.3) is 5.91 Å². The molecule has 0 spiro atoms. The molecule has 0 heterocycles. The third-order valence-corrected chi connectivity index (χ3v) is 1.97. The summed E-state index contributed by atoms with van der Waals surface area (Å²) in [6, 6.07) is 5.77. The second kappa shape index (κ2) is 5.86. The molecule has 1 rings (SSSR count). The van der Waals surface area contributed by atoms with Gasteiger partial charge < -0.3 is 15.6 Å². The minimum atomic E-state index is -0.920. The van der Waals surface area contributed by atoms with E-state index in [-0.39, 0.29) is 6.61 Å². The number of aliphatic hydroxyl groups is 1. The third kappa shape index (κ3) is 4.52. The Kier molecular flexibility index (Phi) is 4.47. The van der Waals surface area contributed by atoms with Crippen LogP contribution in [0, 0.1) is 0 Å². The molecule has 3 amide bonds. The molecule has 1 atom stereocenters. The van der Waals surface area contributed by atoms with Crippen molar-refractivity contribution >= 4 is 11.9 Å². The Bertz CT molecular complexity index is 418. The Balaban J connectivity index is 2.54. The van der Waals surface area contributed by atoms with Gasteiger partial charge in [0.1, 0.15) is 5.75 Å². The number of amides is 3. The van der Waals surface area contributed by atoms with Crippen molar-refractivity contribution in [1.82, 2.24) is 5.32 Å². The molecule has 0 aliphatic heterocycles. The fraction of sp³-hybridized carbons (Fsp3) is 0.273. The molecular weight excluding hydrogens is 224 g/mol. The zero-order valence-electron chi connectivity index (χ0n) is 9.34. The first-order valence-electron chi connectivity index (χ1n) is 4.99. The monoisotopic (exact) mass is 238 g/mol. The number of carbonyl (C=O) groups is 2. The molecule has 0 unspecified atom stereocenters. The fourth-order valence-corrected chi connectivity index (χ4v) is 1.19. The number of nitrogens with two attached hydrogens (primary N) is 1. The first kappa shape index (κ1) is 13.0. The average molecular weight is 238 g/mol. The molecule has 17 heavy (non-hydrogen) atoms. The summed E-state index contributed by atoms with van der Waals surface area (Å²) in [6.07, 6.45) is -0.613. The van der Waals surface area contributed by atoms with E-state index in [1.807, 2.05) is 5.32 Å². The predicted octanol–water partition coefficient (Wildman–Crippen LogP) is 0.314. The first-order valence-corrected chi connectivity index (χ1v) is 4.99. The summed E-state index contributed by atoms with van der Waals surface area (Å²) in [6.45, 7) is 1.31. The number of carbonyl (C=O) groups excluding carboxylic acids is 2. The van der Waals surface area contributed by atoms with Gasteiger partial charge in [-0.15, -0.1) is 0 Å². The highest BCUT2D eigenvalue weighted by Crippen LogP contribution is 2.18. The van der Waals surface area contributed by atoms with Crippen LogP contribution in [0.1, 0.15) is 18.6 Å². The van der Waals surface area contributed by atoms with E-state index in [1.54, 1.807) is 31.2 Å². The van der Waals surface area contributed by atoms with E-state index < -0.39 is 18.0 Å². The van der Waals surface area contributed by atoms with Crippen LogP contribution in [0.25, 0.3) is 0 Å². The smallest absolute Gasteiger partial charge is 0.318 e. The number of urea groups is 1. The fourth-order valence-electron chi connectivity index (χ4n) is 1.19. The average Bonchev–Trinajstić information content (AvgIpc) is 2.26. The summed E-state index contributed by atoms with van der Waals surface area (Å²) < 4.78 is 5.13. The van der Waals surface area contributed by atoms with Crippen molar-refractivity contribution in [1.29, 1.82) is 0 Å². The van der Waals surface area contributed by atoms with Gasteiger partial charge in [0.15, 0.2) is 6.61 Å². The van der Waals surface area contributed by atoms with Gasteiger partial charge in [-0.3, -0.25) is 10.1 Å². The number of nitrogens with one attached hydrogen (secondary N) is 1. The molecule has 1 aromatic carbocycles. The summed E-state index contributed by atoms with van der Waals surface area (Å²) in [5, 5.41) is 11.2. The number of benzene rings is 1. The van der Waals surface area contributed by atoms with Crippen LogP contribution in [0.5, 0.6) is 5.75 Å². The normalized spacial score (nSPS) is 11.6. The molecule has 92 valence electrons. The van der Waals surface area contributed by atoms with Crippen molar-refractivity contribution in [3.8, 4) is 5.75 Å². The van der Waals surface area contributed by atoms with Crippen LogP contribution >= 0.6 is 0 Å². The highest BCUT2D eigenvalue weighted by molar-refractivity contribution is 5.94. The van der Waals surface area contributed by atoms with E-state index in [2.05, 4.69) is 0 Å². The minimum Gasteiger partial charge on any atom is -0.484 e. The van der Waals surface area contributed by atoms with Crippen molar-refractivity contribution in [2.45, 2.75) is 13.0 Å². The van der Waals surface area contributed by atoms with Gasteiger partial charge in [-0.25, -0.2) is 4.79 Å². The van der Waals surface area contributed by atoms with Crippen LogP contribution in [0.4, 0.5) is 4.79 Å². The second-order valence-corrected chi connectivity index (χ2v) is 3.45. The maximum Gasteiger partial charge on any atom is 0.318 e. The molecule has 0 bridgehead atoms. The third-order valence-electron chi connectivity index (χ3n) is 1.97. The number of primary amides is 1. The molecule has 0 saturated heterocycles. The first-order chi connectivity index (χ1) is 7.99. The number of rotatable bonds is 4. The number of hydrogen-bond acceptors (Lipinski definition) is 4. The number of ether oxygens (including phenoxy) is 1. The lowest BCUT2D eigenvalue weighted by Crippen LogP contribution is -2.38. The Labute approximate surface area is 98.4 Å². The Morgan fingerprint density at radius 3 is 2.82 bits per heavy atom. The molecular formula is C11H14N2O4. The molecule has 0 aliphatic rings. The zero-order valence-corrected chi connectivity index (χ0v) is 9.34. The molecule has 0 radical (unpaired) electrons. The standard InChI is InChI=1S/C11H14N2O4/c1-7(14)8-3-2-4-9(5-8)17-6-10(15)13-11(12)16/h2-5,7,14H,6H2,1H3,(H3,12,13,15,16)/t7-/m1/s1. The molecule has 0 fully saturated rings. The molecule has 0 saturated carbocycles. The maximum absolute atomic E-state index is 11.1. The number of hydrogen-bond donors (Lipinski definition) is 3. The zero-order chi connectivity index (χ0) is 12.8. The van der Waals surface area contributed by atoms with Gasteiger partial charge >= 0.3 is 6.03 Å². The van der Waals surface area contributed by atoms with Gasteiger partial charge in [-0.2, -0.15) is 0 Å². The quantitative estimate of drug-likeness (QED) is 0.702. The predicted molar refractivity (Wildman–Crippen MR) is 60.3 cm³/mol. The van der Waals surface area contributed by atoms with Crippen LogP contribution in [-0.4, -0.2) is 23.7 Å². The highest BCUT2D eigenvalue weighted by atomic mass is 16.5. The van der Waals surface area contributed by atoms with E-state index in [0.29, 0.717) is 11.3 Å². The Morgan fingerprint density at radius 1 is 1.53 bits per heavy atom. The van der Waals surface area contributed by atoms with Crippen LogP contribution in [-0.2, 0) is 4.79 Å². The van der Waals surface area contributed by atoms with Crippen molar-refractivity contribution in [3.63, 3.8) is 0 Å². The van der Waals surface area contributed by atoms with Crippen LogP contribution < -0.4 is 15.8 Å². The van der Waals surface area contributed by atoms with Crippen molar-refractivity contribution in [2.24, 2.45) is 5.73 Å². The summed E-state index contributed by atoms with van der Waals surface area (Å²) >= 11 is 0. The number of aliphatic hydroxyl groups excluding tert-OH is 1. The summed E-state index contributed by atoms with van der Waals surface area (Å²) in [5.74, 6) is -0.192. The molecule has 0 aliphatic carbocycles. The summed E-state index contributed by atoms with van der Waals surface area (Å²) in [7, 11) is 0. The lowest BCUT2D eigenvalue weighted by Gasteiger charge is -2.08. The van der Waals surface area contributed by atoms with Crippen LogP contribution in [0.15, 0.2) is 24.3 Å². The lowest BCUT2D eigenvalue weighted by atomic mass is 10.1. The topological polar surface area (TPSA) is 102 Å². The van der Waals surface area contributed by atoms with Crippen LogP contribution in [0.3, 0.4) is 0 Å². The molecule has 6 heteroatoms. The Morgan fingerprint density at radius 2 is 2.24 bits per heavy atom. The molecule has 4 N–H and O–H groups in total. The maximum atomic E-state index is 11.1. The minimum absolute atomic E-state index is 0.313. The molecule has 6 nitrogen and oxygen atoms in total. The summed E-state index contributed by atoms with van der Waals surface area (Å²) in [5.41, 5.74) is 5.45. The number of imide groups is 1. The SMILES string of the molecule is C[C@@H](O)c1cccc(OCC(=O)NC(N)=O)c1. The highest BCUT2D eigenvalue weighted by Gasteiger charge is 2.06. The Hall–Kier alpha value is -2.08. The van der Waals surface area contributed by atoms with Crippen molar-refractivity contribution in [2.75, 3.05) is 6.61 Å². The lowest BCUT2D eigenvalue weighted by molar-refractivity contribution is -0.121. The van der Waals surface area contributed by atoms with Gasteiger partial charge in [-0.1, -0.05) is 12.1 Å². The van der Waals surface area contributed by atoms with Gasteiger partial charge in [0.2, 0.25) is 0 Å². The van der Waals surface area contributed by atoms with Gasteiger partial charge in [0, 0.05) is 0 Å². The summed E-state index contributed by atoms with van der Waals surface area (Å²) in [4.78, 5) is 21.4. The van der Waals surface area contributed by atoms with E-state index in [9.17, 15) is 14.7 Å². The van der Waals surface area contributed by atoms with Gasteiger partial charge in [-0.05, 0) is 24.6 Å². The van der Waals surface area contributed by atoms with Crippen molar-refractivity contribution in [3.05, 3.63) is 29.8 Å². The van der Waals surface area contributed by atoms with Gasteiger partial charge in [0.05, 0.1) is 6.10 Å². The van der Waals surface area contributed by atoms with E-state index >= 15 is 0 Å². The van der Waals surface area contributed by atoms with E-state index in [4.69, 9.17) is 10.5 Å². The van der Waals surface area contributed by atoms with E-state index in [1.165, 1.54) is 0 Å². The van der Waals surface area contributed by atoms with E-state index in [0.717, 1.165) is 0 Å². The van der Waals surface area contributed by atoms with Crippen molar-refractivity contribution < 1.29 is 19.4 Å². The molecule has 1 aromatic rings. The second-order valence-electron chi connectivity index (χ2n) is 3.45. The largest absolute Gasteiger partial charge is 0.484 e. The molecule has 0 aromatic heterocycles.